The molecule has 3 aromatic rings. The molecule has 0 heterocycles. The number of halogens is 11. The average Bonchev–Trinajstić information content (AvgIpc) is 3.49. The van der Waals surface area contributed by atoms with Crippen LogP contribution in [0.3, 0.4) is 0 Å². The van der Waals surface area contributed by atoms with E-state index in [1.807, 2.05) is 5.32 Å². The second-order valence-corrected chi connectivity index (χ2v) is 12.3. The first-order chi connectivity index (χ1) is 19.8. The molecule has 3 N–H and O–H groups in total. The van der Waals surface area contributed by atoms with E-state index in [-0.39, 0.29) is 36.9 Å². The minimum Gasteiger partial charge on any atom is -0.326 e. The molecule has 0 saturated heterocycles. The van der Waals surface area contributed by atoms with E-state index >= 15 is 0 Å². The number of alkyl halides is 5. The van der Waals surface area contributed by atoms with Gasteiger partial charge >= 0.3 is 12.1 Å². The van der Waals surface area contributed by atoms with Crippen molar-refractivity contribution in [1.82, 2.24) is 0 Å². The number of aryl methyl sites for hydroxylation is 1. The summed E-state index contributed by atoms with van der Waals surface area (Å²) < 4.78 is 65.4. The van der Waals surface area contributed by atoms with Crippen molar-refractivity contribution < 1.29 is 36.3 Å². The van der Waals surface area contributed by atoms with Gasteiger partial charge in [0.25, 0.3) is 5.91 Å². The molecule has 0 aliphatic heterocycles. The molecule has 1 fully saturated rings. The fourth-order valence-corrected chi connectivity index (χ4v) is 5.82. The molecule has 0 radical (unpaired) electrons. The van der Waals surface area contributed by atoms with Gasteiger partial charge in [-0.2, -0.15) is 13.2 Å². The molecular formula is C26H14Cl6F5N3O3. The van der Waals surface area contributed by atoms with Gasteiger partial charge in [0.2, 0.25) is 5.91 Å². The highest BCUT2D eigenvalue weighted by Gasteiger charge is 2.67. The topological polar surface area (TPSA) is 87.3 Å². The Kier molecular flexibility index (Phi) is 9.38. The van der Waals surface area contributed by atoms with E-state index in [0.29, 0.717) is 17.7 Å². The van der Waals surface area contributed by atoms with Crippen LogP contribution in [0.25, 0.3) is 0 Å². The molecule has 1 saturated carbocycles. The standard InChI is InChI=1S/C26H14Cl6F5N3O3/c1-8-4-10(38-23(42)17-16(25(17,31)32)9-5-12(27)19(30)13(28)6-9)7-11(18(8)29)22(41)40-21-14(33)2-3-15(20(21)34)39-24(43)26(35,36)37/h2-7,16-17H,1H3,(H,38,42)(H,39,43)(H,40,41)/t16-,17?/m0/s1. The van der Waals surface area contributed by atoms with Gasteiger partial charge in [-0.1, -0.05) is 46.4 Å². The second-order valence-electron chi connectivity index (χ2n) is 9.26. The Labute approximate surface area is 269 Å². The molecule has 43 heavy (non-hydrogen) atoms. The average molecular weight is 724 g/mol. The van der Waals surface area contributed by atoms with Crippen LogP contribution in [0.2, 0.25) is 20.1 Å². The van der Waals surface area contributed by atoms with Crippen molar-refractivity contribution in [1.29, 1.82) is 0 Å². The maximum atomic E-state index is 14.8. The third-order valence-corrected chi connectivity index (χ3v) is 8.94. The molecule has 3 amide bonds. The SMILES string of the molecule is Cc1cc(NC(=O)C2[C@H](c3cc(Cl)c(Cl)c(Cl)c3)C2(Cl)Cl)cc(C(=O)Nc2c(F)ccc(NC(=O)C(F)(F)F)c2F)c1Cl. The zero-order valence-electron chi connectivity index (χ0n) is 21.0. The van der Waals surface area contributed by atoms with Crippen molar-refractivity contribution in [3.05, 3.63) is 84.8 Å². The molecule has 0 aromatic heterocycles. The zero-order valence-corrected chi connectivity index (χ0v) is 25.5. The van der Waals surface area contributed by atoms with E-state index in [1.165, 1.54) is 30.4 Å². The van der Waals surface area contributed by atoms with Gasteiger partial charge < -0.3 is 16.0 Å². The Morgan fingerprint density at radius 1 is 0.860 bits per heavy atom. The Balaban J connectivity index is 1.57. The van der Waals surface area contributed by atoms with Gasteiger partial charge in [0.15, 0.2) is 5.82 Å². The highest BCUT2D eigenvalue weighted by atomic mass is 35.5. The Morgan fingerprint density at radius 2 is 1.47 bits per heavy atom. The van der Waals surface area contributed by atoms with Crippen LogP contribution in [-0.2, 0) is 9.59 Å². The van der Waals surface area contributed by atoms with Crippen LogP contribution >= 0.6 is 69.6 Å². The smallest absolute Gasteiger partial charge is 0.326 e. The van der Waals surface area contributed by atoms with Gasteiger partial charge in [-0.05, 0) is 54.4 Å². The predicted molar refractivity (Wildman–Crippen MR) is 156 cm³/mol. The van der Waals surface area contributed by atoms with Crippen LogP contribution in [0.1, 0.15) is 27.4 Å². The van der Waals surface area contributed by atoms with Gasteiger partial charge in [-0.15, -0.1) is 23.2 Å². The van der Waals surface area contributed by atoms with Crippen LogP contribution in [-0.4, -0.2) is 28.2 Å². The highest BCUT2D eigenvalue weighted by molar-refractivity contribution is 6.54. The zero-order chi connectivity index (χ0) is 32.2. The van der Waals surface area contributed by atoms with E-state index < -0.39 is 63.1 Å². The predicted octanol–water partition coefficient (Wildman–Crippen LogP) is 9.17. The van der Waals surface area contributed by atoms with Crippen LogP contribution in [0.4, 0.5) is 39.0 Å². The van der Waals surface area contributed by atoms with Crippen molar-refractivity contribution in [2.45, 2.75) is 23.4 Å². The molecule has 228 valence electrons. The molecule has 0 bridgehead atoms. The van der Waals surface area contributed by atoms with Crippen LogP contribution in [0.5, 0.6) is 0 Å². The lowest BCUT2D eigenvalue weighted by molar-refractivity contribution is -0.167. The van der Waals surface area contributed by atoms with Gasteiger partial charge in [0.05, 0.1) is 37.3 Å². The van der Waals surface area contributed by atoms with Gasteiger partial charge in [0.1, 0.15) is 15.8 Å². The van der Waals surface area contributed by atoms with Gasteiger partial charge in [-0.3, -0.25) is 14.4 Å². The lowest BCUT2D eigenvalue weighted by atomic mass is 10.1. The molecule has 3 aromatic carbocycles. The van der Waals surface area contributed by atoms with E-state index in [9.17, 15) is 36.3 Å². The first kappa shape index (κ1) is 33.4. The summed E-state index contributed by atoms with van der Waals surface area (Å²) in [5, 5.41) is 5.86. The van der Waals surface area contributed by atoms with E-state index in [2.05, 4.69) is 5.32 Å². The number of anilines is 3. The van der Waals surface area contributed by atoms with Gasteiger partial charge in [0, 0.05) is 11.6 Å². The summed E-state index contributed by atoms with van der Waals surface area (Å²) in [5.41, 5.74) is -1.87. The number of carbonyl (C=O) groups is 3. The van der Waals surface area contributed by atoms with Crippen molar-refractivity contribution in [3.8, 4) is 0 Å². The third-order valence-electron chi connectivity index (χ3n) is 6.30. The van der Waals surface area contributed by atoms with Crippen LogP contribution < -0.4 is 16.0 Å². The lowest BCUT2D eigenvalue weighted by Crippen LogP contribution is -2.30. The Morgan fingerprint density at radius 3 is 2.05 bits per heavy atom. The molecule has 0 spiro atoms. The number of nitrogens with one attached hydrogen (secondary N) is 3. The Hall–Kier alpha value is -2.54. The summed E-state index contributed by atoms with van der Waals surface area (Å²) in [6, 6.07) is 6.48. The normalized spacial score (nSPS) is 17.3. The number of carbonyl (C=O) groups excluding carboxylic acids is 3. The molecule has 1 aliphatic carbocycles. The summed E-state index contributed by atoms with van der Waals surface area (Å²) in [6.07, 6.45) is -5.36. The monoisotopic (exact) mass is 721 g/mol. The fourth-order valence-electron chi connectivity index (χ4n) is 4.19. The number of hydrogen-bond donors (Lipinski definition) is 3. The van der Waals surface area contributed by atoms with Crippen molar-refractivity contribution in [3.63, 3.8) is 0 Å². The molecule has 1 unspecified atom stereocenters. The van der Waals surface area contributed by atoms with Crippen molar-refractivity contribution >= 4 is 104 Å². The van der Waals surface area contributed by atoms with Crippen molar-refractivity contribution in [2.75, 3.05) is 16.0 Å². The minimum atomic E-state index is -5.36. The summed E-state index contributed by atoms with van der Waals surface area (Å²) in [4.78, 5) is 37.4. The van der Waals surface area contributed by atoms with Gasteiger partial charge in [-0.25, -0.2) is 8.78 Å². The third kappa shape index (κ3) is 6.77. The maximum Gasteiger partial charge on any atom is 0.471 e. The number of amides is 3. The first-order valence-corrected chi connectivity index (χ1v) is 13.9. The summed E-state index contributed by atoms with van der Waals surface area (Å²) in [7, 11) is 0. The highest BCUT2D eigenvalue weighted by Crippen LogP contribution is 2.65. The number of benzene rings is 3. The summed E-state index contributed by atoms with van der Waals surface area (Å²) in [6.45, 7) is 1.47. The number of hydrogen-bond acceptors (Lipinski definition) is 3. The molecule has 17 heteroatoms. The van der Waals surface area contributed by atoms with Crippen LogP contribution in [0.15, 0.2) is 36.4 Å². The lowest BCUT2D eigenvalue weighted by Gasteiger charge is -2.15. The quantitative estimate of drug-likeness (QED) is 0.135. The second kappa shape index (κ2) is 12.1. The Bertz CT molecular complexity index is 1660. The van der Waals surface area contributed by atoms with Crippen molar-refractivity contribution in [2.24, 2.45) is 5.92 Å². The fraction of sp³-hybridized carbons (Fsp3) is 0.192. The molecule has 4 rings (SSSR count). The molecular weight excluding hydrogens is 710 g/mol. The summed E-state index contributed by atoms with van der Waals surface area (Å²) in [5.74, 6) is -9.18. The minimum absolute atomic E-state index is 0.0196. The molecule has 6 nitrogen and oxygen atoms in total. The van der Waals surface area contributed by atoms with E-state index in [1.54, 1.807) is 0 Å². The van der Waals surface area contributed by atoms with E-state index in [4.69, 9.17) is 69.6 Å². The number of rotatable bonds is 6. The largest absolute Gasteiger partial charge is 0.471 e. The maximum absolute atomic E-state index is 14.8. The molecule has 1 aliphatic rings. The first-order valence-electron chi connectivity index (χ1n) is 11.6. The van der Waals surface area contributed by atoms with Crippen LogP contribution in [0, 0.1) is 24.5 Å². The molecule has 2 atom stereocenters. The van der Waals surface area contributed by atoms with E-state index in [0.717, 1.165) is 6.07 Å². The summed E-state index contributed by atoms with van der Waals surface area (Å²) >= 11 is 37.1.